The highest BCUT2D eigenvalue weighted by Gasteiger charge is 1.98. The SMILES string of the molecule is CCNC(=NCc1cnn(C)c1)NCCCOC.I. The number of hydrogen-bond acceptors (Lipinski definition) is 3. The molecule has 19 heavy (non-hydrogen) atoms. The van der Waals surface area contributed by atoms with Gasteiger partial charge in [-0.15, -0.1) is 24.0 Å². The molecule has 110 valence electrons. The Morgan fingerprint density at radius 1 is 1.47 bits per heavy atom. The Balaban J connectivity index is 0.00000324. The molecule has 0 bridgehead atoms. The molecule has 2 N–H and O–H groups in total. The van der Waals surface area contributed by atoms with E-state index in [4.69, 9.17) is 4.74 Å². The van der Waals surface area contributed by atoms with Crippen molar-refractivity contribution in [2.75, 3.05) is 26.8 Å². The van der Waals surface area contributed by atoms with Crippen molar-refractivity contribution in [1.29, 1.82) is 0 Å². The van der Waals surface area contributed by atoms with Crippen molar-refractivity contribution >= 4 is 29.9 Å². The molecule has 0 spiro atoms. The molecule has 1 aromatic heterocycles. The summed E-state index contributed by atoms with van der Waals surface area (Å²) in [7, 11) is 3.61. The van der Waals surface area contributed by atoms with Crippen molar-refractivity contribution in [2.24, 2.45) is 12.0 Å². The first-order valence-electron chi connectivity index (χ1n) is 6.25. The lowest BCUT2D eigenvalue weighted by Gasteiger charge is -2.10. The van der Waals surface area contributed by atoms with Gasteiger partial charge in [-0.3, -0.25) is 4.68 Å². The highest BCUT2D eigenvalue weighted by molar-refractivity contribution is 14.0. The molecular formula is C12H24IN5O. The predicted octanol–water partition coefficient (Wildman–Crippen LogP) is 1.13. The average molecular weight is 381 g/mol. The van der Waals surface area contributed by atoms with E-state index in [0.717, 1.165) is 37.6 Å². The van der Waals surface area contributed by atoms with Gasteiger partial charge >= 0.3 is 0 Å². The summed E-state index contributed by atoms with van der Waals surface area (Å²) in [5.41, 5.74) is 1.10. The fourth-order valence-electron chi connectivity index (χ4n) is 1.49. The summed E-state index contributed by atoms with van der Waals surface area (Å²) in [5.74, 6) is 0.831. The van der Waals surface area contributed by atoms with Crippen LogP contribution >= 0.6 is 24.0 Å². The minimum absolute atomic E-state index is 0. The molecule has 0 aliphatic heterocycles. The minimum atomic E-state index is 0. The summed E-state index contributed by atoms with van der Waals surface area (Å²) < 4.78 is 6.79. The number of aliphatic imine (C=N–C) groups is 1. The van der Waals surface area contributed by atoms with Crippen molar-refractivity contribution in [3.05, 3.63) is 18.0 Å². The number of hydrogen-bond donors (Lipinski definition) is 2. The largest absolute Gasteiger partial charge is 0.385 e. The smallest absolute Gasteiger partial charge is 0.191 e. The quantitative estimate of drug-likeness (QED) is 0.322. The lowest BCUT2D eigenvalue weighted by atomic mass is 10.4. The maximum atomic E-state index is 5.00. The van der Waals surface area contributed by atoms with Crippen LogP contribution in [0, 0.1) is 0 Å². The summed E-state index contributed by atoms with van der Waals surface area (Å²) in [6.45, 7) is 5.15. The van der Waals surface area contributed by atoms with Gasteiger partial charge in [0.1, 0.15) is 0 Å². The van der Waals surface area contributed by atoms with Crippen LogP contribution < -0.4 is 10.6 Å². The number of aryl methyl sites for hydroxylation is 1. The van der Waals surface area contributed by atoms with Crippen LogP contribution in [-0.4, -0.2) is 42.5 Å². The van der Waals surface area contributed by atoms with Crippen LogP contribution in [0.3, 0.4) is 0 Å². The monoisotopic (exact) mass is 381 g/mol. The number of methoxy groups -OCH3 is 1. The molecule has 0 fully saturated rings. The summed E-state index contributed by atoms with van der Waals surface area (Å²) in [6.07, 6.45) is 4.77. The van der Waals surface area contributed by atoms with Crippen molar-refractivity contribution in [1.82, 2.24) is 20.4 Å². The lowest BCUT2D eigenvalue weighted by Crippen LogP contribution is -2.38. The van der Waals surface area contributed by atoms with Gasteiger partial charge < -0.3 is 15.4 Å². The number of guanidine groups is 1. The fraction of sp³-hybridized carbons (Fsp3) is 0.667. The van der Waals surface area contributed by atoms with Gasteiger partial charge in [0.25, 0.3) is 0 Å². The zero-order valence-electron chi connectivity index (χ0n) is 11.8. The molecule has 1 aromatic rings. The number of aromatic nitrogens is 2. The maximum absolute atomic E-state index is 5.00. The number of nitrogens with zero attached hydrogens (tertiary/aromatic N) is 3. The summed E-state index contributed by atoms with van der Waals surface area (Å²) >= 11 is 0. The normalized spacial score (nSPS) is 11.0. The van der Waals surface area contributed by atoms with Crippen LogP contribution in [0.2, 0.25) is 0 Å². The van der Waals surface area contributed by atoms with Gasteiger partial charge in [0, 0.05) is 45.6 Å². The molecular weight excluding hydrogens is 357 g/mol. The van der Waals surface area contributed by atoms with Crippen LogP contribution in [0.25, 0.3) is 0 Å². The molecule has 0 aliphatic carbocycles. The molecule has 0 unspecified atom stereocenters. The van der Waals surface area contributed by atoms with E-state index in [0.29, 0.717) is 6.54 Å². The van der Waals surface area contributed by atoms with Gasteiger partial charge in [-0.1, -0.05) is 0 Å². The predicted molar refractivity (Wildman–Crippen MR) is 87.9 cm³/mol. The first kappa shape index (κ1) is 18.2. The van der Waals surface area contributed by atoms with Gasteiger partial charge in [-0.05, 0) is 13.3 Å². The molecule has 0 aliphatic rings. The Kier molecular flexibility index (Phi) is 10.6. The van der Waals surface area contributed by atoms with Gasteiger partial charge in [-0.2, -0.15) is 5.10 Å². The van der Waals surface area contributed by atoms with Crippen molar-refractivity contribution in [3.63, 3.8) is 0 Å². The van der Waals surface area contributed by atoms with Crippen LogP contribution in [-0.2, 0) is 18.3 Å². The number of nitrogens with one attached hydrogen (secondary N) is 2. The molecule has 6 nitrogen and oxygen atoms in total. The Hall–Kier alpha value is -0.830. The van der Waals surface area contributed by atoms with E-state index in [2.05, 4.69) is 27.6 Å². The van der Waals surface area contributed by atoms with Gasteiger partial charge in [0.05, 0.1) is 12.7 Å². The first-order chi connectivity index (χ1) is 8.76. The number of halogens is 1. The average Bonchev–Trinajstić information content (AvgIpc) is 2.77. The molecule has 0 saturated heterocycles. The molecule has 0 radical (unpaired) electrons. The van der Waals surface area contributed by atoms with E-state index in [1.807, 2.05) is 19.4 Å². The van der Waals surface area contributed by atoms with E-state index >= 15 is 0 Å². The third-order valence-electron chi connectivity index (χ3n) is 2.34. The second-order valence-electron chi connectivity index (χ2n) is 3.99. The Morgan fingerprint density at radius 2 is 2.26 bits per heavy atom. The van der Waals surface area contributed by atoms with Gasteiger partial charge in [0.2, 0.25) is 0 Å². The van der Waals surface area contributed by atoms with Crippen molar-refractivity contribution < 1.29 is 4.74 Å². The standard InChI is InChI=1S/C12H23N5O.HI/c1-4-13-12(14-6-5-7-18-3)15-8-11-9-16-17(2)10-11;/h9-10H,4-8H2,1-3H3,(H2,13,14,15);1H. The zero-order chi connectivity index (χ0) is 13.2. The van der Waals surface area contributed by atoms with Crippen molar-refractivity contribution in [2.45, 2.75) is 19.9 Å². The fourth-order valence-corrected chi connectivity index (χ4v) is 1.49. The van der Waals surface area contributed by atoms with Crippen LogP contribution in [0.5, 0.6) is 0 Å². The maximum Gasteiger partial charge on any atom is 0.191 e. The van der Waals surface area contributed by atoms with E-state index in [1.54, 1.807) is 11.8 Å². The van der Waals surface area contributed by atoms with E-state index in [-0.39, 0.29) is 24.0 Å². The van der Waals surface area contributed by atoms with Crippen molar-refractivity contribution in [3.8, 4) is 0 Å². The number of ether oxygens (including phenoxy) is 1. The summed E-state index contributed by atoms with van der Waals surface area (Å²) in [6, 6.07) is 0. The molecule has 7 heteroatoms. The van der Waals surface area contributed by atoms with E-state index < -0.39 is 0 Å². The summed E-state index contributed by atoms with van der Waals surface area (Å²) in [4.78, 5) is 4.49. The van der Waals surface area contributed by atoms with E-state index in [1.165, 1.54) is 0 Å². The Bertz CT molecular complexity index is 367. The summed E-state index contributed by atoms with van der Waals surface area (Å²) in [5, 5.41) is 10.6. The minimum Gasteiger partial charge on any atom is -0.385 e. The second kappa shape index (κ2) is 11.0. The third-order valence-corrected chi connectivity index (χ3v) is 2.34. The molecule has 1 rings (SSSR count). The third kappa shape index (κ3) is 8.04. The van der Waals surface area contributed by atoms with Crippen LogP contribution in [0.4, 0.5) is 0 Å². The van der Waals surface area contributed by atoms with E-state index in [9.17, 15) is 0 Å². The topological polar surface area (TPSA) is 63.5 Å². The Labute approximate surface area is 132 Å². The highest BCUT2D eigenvalue weighted by Crippen LogP contribution is 1.97. The van der Waals surface area contributed by atoms with Crippen LogP contribution in [0.1, 0.15) is 18.9 Å². The lowest BCUT2D eigenvalue weighted by molar-refractivity contribution is 0.195. The highest BCUT2D eigenvalue weighted by atomic mass is 127. The zero-order valence-corrected chi connectivity index (χ0v) is 14.2. The Morgan fingerprint density at radius 3 is 2.84 bits per heavy atom. The molecule has 1 heterocycles. The second-order valence-corrected chi connectivity index (χ2v) is 3.99. The molecule has 0 aromatic carbocycles. The van der Waals surface area contributed by atoms with Gasteiger partial charge in [0.15, 0.2) is 5.96 Å². The van der Waals surface area contributed by atoms with Gasteiger partial charge in [-0.25, -0.2) is 4.99 Å². The first-order valence-corrected chi connectivity index (χ1v) is 6.25. The molecule has 0 amide bonds. The van der Waals surface area contributed by atoms with Crippen LogP contribution in [0.15, 0.2) is 17.4 Å². The number of rotatable bonds is 7. The molecule has 0 saturated carbocycles. The molecule has 0 atom stereocenters.